The SMILES string of the molecule is CN(C(=O)c1cc(C(F)(F)F)cc(C(F)(F)F)c1)[C@@H]1CN(CC(N)=O)C[C@@H]1c1ccc(Cl)c(Cl)c1. The van der Waals surface area contributed by atoms with Gasteiger partial charge in [-0.3, -0.25) is 14.5 Å². The monoisotopic (exact) mass is 541 g/mol. The molecule has 190 valence electrons. The summed E-state index contributed by atoms with van der Waals surface area (Å²) in [6.07, 6.45) is -10.2. The Bertz CT molecular complexity index is 1110. The molecule has 2 atom stereocenters. The van der Waals surface area contributed by atoms with Crippen molar-refractivity contribution in [3.05, 3.63) is 68.7 Å². The first-order chi connectivity index (χ1) is 16.1. The van der Waals surface area contributed by atoms with Crippen molar-refractivity contribution >= 4 is 35.0 Å². The highest BCUT2D eigenvalue weighted by Gasteiger charge is 2.41. The van der Waals surface area contributed by atoms with Crippen LogP contribution in [0.2, 0.25) is 10.0 Å². The third-order valence-corrected chi connectivity index (χ3v) is 6.51. The number of hydrogen-bond donors (Lipinski definition) is 1. The van der Waals surface area contributed by atoms with Crippen molar-refractivity contribution in [3.8, 4) is 0 Å². The Kier molecular flexibility index (Phi) is 7.64. The van der Waals surface area contributed by atoms with Crippen LogP contribution in [-0.4, -0.2) is 54.3 Å². The van der Waals surface area contributed by atoms with Gasteiger partial charge in [-0.05, 0) is 35.9 Å². The van der Waals surface area contributed by atoms with E-state index in [1.807, 2.05) is 0 Å². The van der Waals surface area contributed by atoms with Gasteiger partial charge in [0.05, 0.1) is 33.8 Å². The molecule has 2 aromatic rings. The number of nitrogens with zero attached hydrogens (tertiary/aromatic N) is 2. The summed E-state index contributed by atoms with van der Waals surface area (Å²) in [5.74, 6) is -2.16. The van der Waals surface area contributed by atoms with Gasteiger partial charge in [0.1, 0.15) is 0 Å². The van der Waals surface area contributed by atoms with Gasteiger partial charge in [0.15, 0.2) is 0 Å². The average Bonchev–Trinajstić information content (AvgIpc) is 3.16. The number of primary amides is 1. The van der Waals surface area contributed by atoms with Crippen LogP contribution in [0.15, 0.2) is 36.4 Å². The Labute approximate surface area is 206 Å². The van der Waals surface area contributed by atoms with Gasteiger partial charge in [-0.15, -0.1) is 0 Å². The van der Waals surface area contributed by atoms with E-state index in [0.717, 1.165) is 4.90 Å². The molecule has 1 fully saturated rings. The number of hydrogen-bond acceptors (Lipinski definition) is 3. The Balaban J connectivity index is 2.01. The minimum absolute atomic E-state index is 0.0422. The van der Waals surface area contributed by atoms with Gasteiger partial charge < -0.3 is 10.6 Å². The molecule has 0 bridgehead atoms. The summed E-state index contributed by atoms with van der Waals surface area (Å²) in [6.45, 7) is 0.179. The quantitative estimate of drug-likeness (QED) is 0.538. The highest BCUT2D eigenvalue weighted by Crippen LogP contribution is 2.38. The summed E-state index contributed by atoms with van der Waals surface area (Å²) in [5.41, 5.74) is 1.95. The van der Waals surface area contributed by atoms with Crippen molar-refractivity contribution in [1.29, 1.82) is 0 Å². The van der Waals surface area contributed by atoms with Crippen LogP contribution in [0, 0.1) is 0 Å². The van der Waals surface area contributed by atoms with Gasteiger partial charge in [-0.1, -0.05) is 29.3 Å². The van der Waals surface area contributed by atoms with Gasteiger partial charge in [-0.2, -0.15) is 26.3 Å². The lowest BCUT2D eigenvalue weighted by Gasteiger charge is -2.30. The first-order valence-corrected chi connectivity index (χ1v) is 10.9. The molecule has 0 aliphatic carbocycles. The second-order valence-corrected chi connectivity index (χ2v) is 9.03. The van der Waals surface area contributed by atoms with Crippen LogP contribution in [0.3, 0.4) is 0 Å². The van der Waals surface area contributed by atoms with Crippen LogP contribution in [0.25, 0.3) is 0 Å². The number of carbonyl (C=O) groups excluding carboxylic acids is 2. The molecule has 2 N–H and O–H groups in total. The number of nitrogens with two attached hydrogens (primary N) is 1. The van der Waals surface area contributed by atoms with Crippen molar-refractivity contribution in [2.24, 2.45) is 5.73 Å². The fourth-order valence-electron chi connectivity index (χ4n) is 4.11. The molecule has 0 spiro atoms. The second-order valence-electron chi connectivity index (χ2n) is 8.22. The molecule has 1 heterocycles. The number of halogens is 8. The van der Waals surface area contributed by atoms with Crippen LogP contribution in [0.1, 0.15) is 33.0 Å². The van der Waals surface area contributed by atoms with E-state index in [0.29, 0.717) is 17.7 Å². The fourth-order valence-corrected chi connectivity index (χ4v) is 4.42. The predicted molar refractivity (Wildman–Crippen MR) is 117 cm³/mol. The highest BCUT2D eigenvalue weighted by molar-refractivity contribution is 6.42. The van der Waals surface area contributed by atoms with E-state index in [9.17, 15) is 35.9 Å². The number of likely N-dealkylation sites (tertiary alicyclic amines) is 1. The first kappa shape index (κ1) is 27.1. The Morgan fingerprint density at radius 3 is 2.03 bits per heavy atom. The molecular formula is C22H19Cl2F6N3O2. The Morgan fingerprint density at radius 2 is 1.54 bits per heavy atom. The first-order valence-electron chi connectivity index (χ1n) is 10.1. The zero-order valence-electron chi connectivity index (χ0n) is 18.1. The lowest BCUT2D eigenvalue weighted by atomic mass is 9.93. The zero-order valence-corrected chi connectivity index (χ0v) is 19.6. The number of carbonyl (C=O) groups is 2. The molecule has 13 heteroatoms. The summed E-state index contributed by atoms with van der Waals surface area (Å²) in [6, 6.07) is 4.74. The van der Waals surface area contributed by atoms with E-state index < -0.39 is 52.8 Å². The van der Waals surface area contributed by atoms with Crippen molar-refractivity contribution in [3.63, 3.8) is 0 Å². The van der Waals surface area contributed by atoms with Crippen LogP contribution >= 0.6 is 23.2 Å². The molecule has 1 aliphatic heterocycles. The summed E-state index contributed by atoms with van der Waals surface area (Å²) >= 11 is 12.1. The van der Waals surface area contributed by atoms with Crippen molar-refractivity contribution in [2.75, 3.05) is 26.7 Å². The fraction of sp³-hybridized carbons (Fsp3) is 0.364. The lowest BCUT2D eigenvalue weighted by molar-refractivity contribution is -0.143. The van der Waals surface area contributed by atoms with Crippen molar-refractivity contribution in [2.45, 2.75) is 24.3 Å². The zero-order chi connectivity index (χ0) is 26.3. The number of benzene rings is 2. The van der Waals surface area contributed by atoms with E-state index in [2.05, 4.69) is 0 Å². The molecule has 1 aliphatic rings. The van der Waals surface area contributed by atoms with Crippen molar-refractivity contribution in [1.82, 2.24) is 9.80 Å². The molecule has 0 saturated carbocycles. The van der Waals surface area contributed by atoms with Gasteiger partial charge in [0.2, 0.25) is 5.91 Å². The lowest BCUT2D eigenvalue weighted by Crippen LogP contribution is -2.42. The van der Waals surface area contributed by atoms with E-state index >= 15 is 0 Å². The molecule has 0 radical (unpaired) electrons. The van der Waals surface area contributed by atoms with Crippen LogP contribution < -0.4 is 5.73 Å². The van der Waals surface area contributed by atoms with E-state index in [1.165, 1.54) is 13.1 Å². The summed E-state index contributed by atoms with van der Waals surface area (Å²) in [5, 5.41) is 0.491. The van der Waals surface area contributed by atoms with Crippen LogP contribution in [0.4, 0.5) is 26.3 Å². The van der Waals surface area contributed by atoms with E-state index in [4.69, 9.17) is 28.9 Å². The predicted octanol–water partition coefficient (Wildman–Crippen LogP) is 5.06. The smallest absolute Gasteiger partial charge is 0.369 e. The molecule has 5 nitrogen and oxygen atoms in total. The normalized spacial score (nSPS) is 19.1. The van der Waals surface area contributed by atoms with Crippen molar-refractivity contribution < 1.29 is 35.9 Å². The second kappa shape index (κ2) is 9.87. The Hall–Kier alpha value is -2.50. The Morgan fingerprint density at radius 1 is 0.971 bits per heavy atom. The highest BCUT2D eigenvalue weighted by atomic mass is 35.5. The largest absolute Gasteiger partial charge is 0.416 e. The number of amides is 2. The number of alkyl halides is 6. The topological polar surface area (TPSA) is 66.6 Å². The maximum atomic E-state index is 13.3. The number of rotatable bonds is 5. The summed E-state index contributed by atoms with van der Waals surface area (Å²) < 4.78 is 79.6. The number of likely N-dealkylation sites (N-methyl/N-ethyl adjacent to an activating group) is 1. The maximum absolute atomic E-state index is 13.3. The minimum atomic E-state index is -5.09. The van der Waals surface area contributed by atoms with Gasteiger partial charge >= 0.3 is 12.4 Å². The molecule has 3 rings (SSSR count). The standard InChI is InChI=1S/C22H19Cl2F6N3O2/c1-32(20(35)12-4-13(21(25,26)27)7-14(5-12)22(28,29)30)18-9-33(10-19(31)34)8-15(18)11-2-3-16(23)17(24)6-11/h2-7,15,18H,8-10H2,1H3,(H2,31,34)/t15-,18-/m1/s1. The maximum Gasteiger partial charge on any atom is 0.416 e. The van der Waals surface area contributed by atoms with Crippen LogP contribution in [0.5, 0.6) is 0 Å². The minimum Gasteiger partial charge on any atom is -0.369 e. The molecular weight excluding hydrogens is 523 g/mol. The van der Waals surface area contributed by atoms with Gasteiger partial charge in [0.25, 0.3) is 5.91 Å². The average molecular weight is 542 g/mol. The summed E-state index contributed by atoms with van der Waals surface area (Å²) in [4.78, 5) is 27.3. The molecule has 2 amide bonds. The molecule has 1 saturated heterocycles. The van der Waals surface area contributed by atoms with Gasteiger partial charge in [0, 0.05) is 31.6 Å². The molecule has 0 aromatic heterocycles. The summed E-state index contributed by atoms with van der Waals surface area (Å²) in [7, 11) is 1.28. The third kappa shape index (κ3) is 6.20. The van der Waals surface area contributed by atoms with Gasteiger partial charge in [-0.25, -0.2) is 0 Å². The van der Waals surface area contributed by atoms with E-state index in [1.54, 1.807) is 17.0 Å². The van der Waals surface area contributed by atoms with Crippen LogP contribution in [-0.2, 0) is 17.1 Å². The third-order valence-electron chi connectivity index (χ3n) is 5.77. The molecule has 0 unspecified atom stereocenters. The molecule has 2 aromatic carbocycles. The molecule has 35 heavy (non-hydrogen) atoms. The van der Waals surface area contributed by atoms with E-state index in [-0.39, 0.29) is 35.7 Å².